The number of benzene rings is 1. The molecule has 0 saturated carbocycles. The Morgan fingerprint density at radius 2 is 2.11 bits per heavy atom. The lowest BCUT2D eigenvalue weighted by Crippen LogP contribution is -2.31. The Morgan fingerprint density at radius 3 is 2.78 bits per heavy atom. The predicted octanol–water partition coefficient (Wildman–Crippen LogP) is 3.43. The summed E-state index contributed by atoms with van der Waals surface area (Å²) in [6.07, 6.45) is -2.24. The monoisotopic (exact) mass is 258 g/mol. The van der Waals surface area contributed by atoms with Crippen molar-refractivity contribution in [2.45, 2.75) is 32.0 Å². The van der Waals surface area contributed by atoms with Crippen molar-refractivity contribution in [3.63, 3.8) is 0 Å². The Bertz CT molecular complexity index is 429. The zero-order chi connectivity index (χ0) is 13.3. The predicted molar refractivity (Wildman–Crippen MR) is 67.2 cm³/mol. The van der Waals surface area contributed by atoms with Crippen LogP contribution in [0.15, 0.2) is 18.2 Å². The lowest BCUT2D eigenvalue weighted by atomic mass is 9.98. The first-order valence-electron chi connectivity index (χ1n) is 6.02. The molecule has 1 aliphatic rings. The number of hydrogen-bond acceptors (Lipinski definition) is 2. The highest BCUT2D eigenvalue weighted by Crippen LogP contribution is 2.29. The molecule has 1 aromatic carbocycles. The van der Waals surface area contributed by atoms with E-state index in [-0.39, 0.29) is 0 Å². The summed E-state index contributed by atoms with van der Waals surface area (Å²) in [5.74, 6) is 0. The van der Waals surface area contributed by atoms with E-state index < -0.39 is 12.7 Å². The molecule has 5 heteroatoms. The number of anilines is 2. The molecule has 1 aromatic rings. The normalized spacial score (nSPS) is 19.1. The minimum absolute atomic E-state index is 0.427. The molecule has 1 atom stereocenters. The number of rotatable bonds is 2. The van der Waals surface area contributed by atoms with E-state index in [1.54, 1.807) is 6.07 Å². The van der Waals surface area contributed by atoms with Gasteiger partial charge in [-0.1, -0.05) is 0 Å². The molecule has 100 valence electrons. The van der Waals surface area contributed by atoms with Crippen LogP contribution in [0.3, 0.4) is 0 Å². The highest BCUT2D eigenvalue weighted by molar-refractivity contribution is 5.62. The molecule has 0 radical (unpaired) electrons. The van der Waals surface area contributed by atoms with E-state index in [9.17, 15) is 13.2 Å². The van der Waals surface area contributed by atoms with Gasteiger partial charge in [-0.25, -0.2) is 0 Å². The number of nitrogens with one attached hydrogen (secondary N) is 1. The van der Waals surface area contributed by atoms with Gasteiger partial charge < -0.3 is 10.2 Å². The van der Waals surface area contributed by atoms with Gasteiger partial charge in [0.05, 0.1) is 0 Å². The van der Waals surface area contributed by atoms with Gasteiger partial charge in [0.1, 0.15) is 6.54 Å². The molecular weight excluding hydrogens is 241 g/mol. The Morgan fingerprint density at radius 1 is 1.39 bits per heavy atom. The Balaban J connectivity index is 2.16. The zero-order valence-electron chi connectivity index (χ0n) is 10.5. The summed E-state index contributed by atoms with van der Waals surface area (Å²) in [5.41, 5.74) is 2.75. The van der Waals surface area contributed by atoms with Gasteiger partial charge in [-0.2, -0.15) is 13.2 Å². The summed E-state index contributed by atoms with van der Waals surface area (Å²) in [6.45, 7) is 1.18. The molecule has 1 N–H and O–H groups in total. The minimum Gasteiger partial charge on any atom is -0.382 e. The second-order valence-corrected chi connectivity index (χ2v) is 4.90. The second-order valence-electron chi connectivity index (χ2n) is 4.90. The fourth-order valence-corrected chi connectivity index (χ4v) is 2.24. The molecule has 18 heavy (non-hydrogen) atoms. The van der Waals surface area contributed by atoms with E-state index in [1.165, 1.54) is 11.9 Å². The van der Waals surface area contributed by atoms with Crippen LogP contribution in [0.25, 0.3) is 0 Å². The van der Waals surface area contributed by atoms with E-state index in [0.717, 1.165) is 24.1 Å². The number of nitrogens with zero attached hydrogens (tertiary/aromatic N) is 1. The number of fused-ring (bicyclic) bond motifs is 1. The molecule has 0 spiro atoms. The summed E-state index contributed by atoms with van der Waals surface area (Å²) < 4.78 is 37.0. The van der Waals surface area contributed by atoms with Crippen LogP contribution in [0, 0.1) is 0 Å². The van der Waals surface area contributed by atoms with Crippen molar-refractivity contribution < 1.29 is 13.2 Å². The van der Waals surface area contributed by atoms with Gasteiger partial charge in [-0.05, 0) is 43.5 Å². The summed E-state index contributed by atoms with van der Waals surface area (Å²) >= 11 is 0. The summed E-state index contributed by atoms with van der Waals surface area (Å²) in [5, 5.41) is 3.33. The van der Waals surface area contributed by atoms with Crippen molar-refractivity contribution in [2.75, 3.05) is 23.8 Å². The van der Waals surface area contributed by atoms with Crippen molar-refractivity contribution in [1.82, 2.24) is 0 Å². The van der Waals surface area contributed by atoms with Gasteiger partial charge in [-0.15, -0.1) is 0 Å². The van der Waals surface area contributed by atoms with Crippen LogP contribution in [-0.2, 0) is 6.42 Å². The summed E-state index contributed by atoms with van der Waals surface area (Å²) in [4.78, 5) is 1.23. The fourth-order valence-electron chi connectivity index (χ4n) is 2.24. The average molecular weight is 258 g/mol. The second kappa shape index (κ2) is 4.71. The van der Waals surface area contributed by atoms with E-state index in [2.05, 4.69) is 12.2 Å². The highest BCUT2D eigenvalue weighted by atomic mass is 19.4. The van der Waals surface area contributed by atoms with Crippen LogP contribution in [0.1, 0.15) is 18.9 Å². The first-order valence-corrected chi connectivity index (χ1v) is 6.02. The van der Waals surface area contributed by atoms with Crippen LogP contribution in [0.5, 0.6) is 0 Å². The molecule has 0 fully saturated rings. The number of alkyl halides is 3. The van der Waals surface area contributed by atoms with Crippen LogP contribution < -0.4 is 10.2 Å². The molecular formula is C13H17F3N2. The van der Waals surface area contributed by atoms with Crippen molar-refractivity contribution in [2.24, 2.45) is 0 Å². The Labute approximate surface area is 105 Å². The van der Waals surface area contributed by atoms with Crippen LogP contribution in [0.4, 0.5) is 24.5 Å². The van der Waals surface area contributed by atoms with Crippen LogP contribution in [0.2, 0.25) is 0 Å². The summed E-state index contributed by atoms with van der Waals surface area (Å²) in [7, 11) is 1.47. The number of halogens is 3. The zero-order valence-corrected chi connectivity index (χ0v) is 10.5. The van der Waals surface area contributed by atoms with Crippen molar-refractivity contribution >= 4 is 11.4 Å². The topological polar surface area (TPSA) is 15.3 Å². The van der Waals surface area contributed by atoms with Gasteiger partial charge in [-0.3, -0.25) is 0 Å². The molecule has 0 amide bonds. The molecule has 0 aliphatic carbocycles. The molecule has 0 saturated heterocycles. The third-order valence-electron chi connectivity index (χ3n) is 3.19. The Kier molecular flexibility index (Phi) is 3.41. The van der Waals surface area contributed by atoms with Crippen LogP contribution in [-0.4, -0.2) is 25.8 Å². The quantitative estimate of drug-likeness (QED) is 0.874. The van der Waals surface area contributed by atoms with Crippen molar-refractivity contribution in [1.29, 1.82) is 0 Å². The third kappa shape index (κ3) is 3.09. The van der Waals surface area contributed by atoms with Crippen molar-refractivity contribution in [3.05, 3.63) is 23.8 Å². The molecule has 1 aliphatic heterocycles. The van der Waals surface area contributed by atoms with E-state index in [4.69, 9.17) is 0 Å². The van der Waals surface area contributed by atoms with E-state index >= 15 is 0 Å². The average Bonchev–Trinajstić information content (AvgIpc) is 2.26. The highest BCUT2D eigenvalue weighted by Gasteiger charge is 2.29. The molecule has 1 heterocycles. The van der Waals surface area contributed by atoms with Gasteiger partial charge in [0, 0.05) is 24.5 Å². The lowest BCUT2D eigenvalue weighted by Gasteiger charge is -2.27. The molecule has 2 nitrogen and oxygen atoms in total. The first-order chi connectivity index (χ1) is 8.35. The largest absolute Gasteiger partial charge is 0.405 e. The van der Waals surface area contributed by atoms with Gasteiger partial charge in [0.2, 0.25) is 0 Å². The maximum Gasteiger partial charge on any atom is 0.405 e. The van der Waals surface area contributed by atoms with Gasteiger partial charge in [0.25, 0.3) is 0 Å². The van der Waals surface area contributed by atoms with E-state index in [0.29, 0.717) is 11.7 Å². The smallest absolute Gasteiger partial charge is 0.382 e. The molecule has 0 aromatic heterocycles. The molecule has 1 unspecified atom stereocenters. The molecule has 0 bridgehead atoms. The third-order valence-corrected chi connectivity index (χ3v) is 3.19. The SMILES string of the molecule is CC1CCc2cc(N(C)CC(F)(F)F)ccc2N1. The summed E-state index contributed by atoms with van der Waals surface area (Å²) in [6, 6.07) is 5.87. The fraction of sp³-hybridized carbons (Fsp3) is 0.538. The maximum atomic E-state index is 12.3. The van der Waals surface area contributed by atoms with E-state index in [1.807, 2.05) is 12.1 Å². The number of hydrogen-bond donors (Lipinski definition) is 1. The number of aryl methyl sites for hydroxylation is 1. The van der Waals surface area contributed by atoms with Crippen molar-refractivity contribution in [3.8, 4) is 0 Å². The molecule has 2 rings (SSSR count). The van der Waals surface area contributed by atoms with Gasteiger partial charge in [0.15, 0.2) is 0 Å². The lowest BCUT2D eigenvalue weighted by molar-refractivity contribution is -0.119. The maximum absolute atomic E-state index is 12.3. The Hall–Kier alpha value is -1.39. The van der Waals surface area contributed by atoms with Gasteiger partial charge >= 0.3 is 6.18 Å². The minimum atomic E-state index is -4.17. The first kappa shape index (κ1) is 13.1. The standard InChI is InChI=1S/C13H17F3N2/c1-9-3-4-10-7-11(5-6-12(10)17-9)18(2)8-13(14,15)16/h5-7,9,17H,3-4,8H2,1-2H3. The van der Waals surface area contributed by atoms with Crippen LogP contribution >= 0.6 is 0 Å².